The number of nitrogens with zero attached hydrogens (tertiary/aromatic N) is 1. The highest BCUT2D eigenvalue weighted by Crippen LogP contribution is 2.28. The Morgan fingerprint density at radius 1 is 1.50 bits per heavy atom. The Hall–Kier alpha value is -0.810. The molecule has 2 unspecified atom stereocenters. The van der Waals surface area contributed by atoms with Gasteiger partial charge in [-0.25, -0.2) is 4.79 Å². The Balaban J connectivity index is 1.93. The second-order valence-corrected chi connectivity index (χ2v) is 6.33. The Bertz CT molecular complexity index is 327. The molecule has 2 atom stereocenters. The molecule has 0 aromatic carbocycles. The molecule has 1 amide bonds. The predicted octanol–water partition coefficient (Wildman–Crippen LogP) is 1.72. The first kappa shape index (κ1) is 13.6. The standard InChI is InChI=1S/C13H24N2O3/c1-10-5-8-17-13(14-10)6-7-15(9-13)11(16)18-12(2,3)4/h10,14H,5-9H2,1-4H3. The van der Waals surface area contributed by atoms with Gasteiger partial charge in [-0.1, -0.05) is 0 Å². The highest BCUT2D eigenvalue weighted by atomic mass is 16.6. The van der Waals surface area contributed by atoms with E-state index in [0.29, 0.717) is 19.1 Å². The van der Waals surface area contributed by atoms with Crippen LogP contribution in [0.5, 0.6) is 0 Å². The maximum absolute atomic E-state index is 12.0. The molecule has 2 aliphatic rings. The van der Waals surface area contributed by atoms with Gasteiger partial charge in [0, 0.05) is 19.0 Å². The van der Waals surface area contributed by atoms with Gasteiger partial charge in [0.2, 0.25) is 0 Å². The van der Waals surface area contributed by atoms with E-state index in [9.17, 15) is 4.79 Å². The number of carbonyl (C=O) groups excluding carboxylic acids is 1. The summed E-state index contributed by atoms with van der Waals surface area (Å²) in [6.45, 7) is 9.83. The number of carbonyl (C=O) groups is 1. The number of hydrogen-bond donors (Lipinski definition) is 1. The number of ether oxygens (including phenoxy) is 2. The van der Waals surface area contributed by atoms with Crippen LogP contribution >= 0.6 is 0 Å². The second kappa shape index (κ2) is 4.70. The molecular weight excluding hydrogens is 232 g/mol. The zero-order valence-electron chi connectivity index (χ0n) is 11.8. The maximum atomic E-state index is 12.0. The van der Waals surface area contributed by atoms with Gasteiger partial charge < -0.3 is 14.4 Å². The summed E-state index contributed by atoms with van der Waals surface area (Å²) in [5.74, 6) is 0. The quantitative estimate of drug-likeness (QED) is 0.717. The molecule has 2 aliphatic heterocycles. The Morgan fingerprint density at radius 3 is 2.83 bits per heavy atom. The summed E-state index contributed by atoms with van der Waals surface area (Å²) < 4.78 is 11.2. The van der Waals surface area contributed by atoms with Crippen LogP contribution in [0.2, 0.25) is 0 Å². The van der Waals surface area contributed by atoms with Crippen molar-refractivity contribution in [3.63, 3.8) is 0 Å². The number of rotatable bonds is 0. The van der Waals surface area contributed by atoms with E-state index in [1.54, 1.807) is 4.90 Å². The van der Waals surface area contributed by atoms with Crippen molar-refractivity contribution in [1.82, 2.24) is 10.2 Å². The average molecular weight is 256 g/mol. The van der Waals surface area contributed by atoms with Gasteiger partial charge in [-0.05, 0) is 34.1 Å². The van der Waals surface area contributed by atoms with Crippen LogP contribution in [0.3, 0.4) is 0 Å². The molecular formula is C13H24N2O3. The fraction of sp³-hybridized carbons (Fsp3) is 0.923. The van der Waals surface area contributed by atoms with Gasteiger partial charge in [0.15, 0.2) is 0 Å². The van der Waals surface area contributed by atoms with Crippen LogP contribution in [-0.4, -0.2) is 48.1 Å². The molecule has 18 heavy (non-hydrogen) atoms. The van der Waals surface area contributed by atoms with Crippen molar-refractivity contribution in [3.05, 3.63) is 0 Å². The summed E-state index contributed by atoms with van der Waals surface area (Å²) in [6, 6.07) is 0.442. The van der Waals surface area contributed by atoms with Crippen molar-refractivity contribution in [3.8, 4) is 0 Å². The molecule has 2 heterocycles. The first-order valence-corrected chi connectivity index (χ1v) is 6.69. The van der Waals surface area contributed by atoms with Gasteiger partial charge in [-0.2, -0.15) is 0 Å². The van der Waals surface area contributed by atoms with Crippen molar-refractivity contribution in [2.75, 3.05) is 19.7 Å². The first-order valence-electron chi connectivity index (χ1n) is 6.69. The van der Waals surface area contributed by atoms with Crippen LogP contribution in [0.25, 0.3) is 0 Å². The molecule has 1 spiro atoms. The Kier molecular flexibility index (Phi) is 3.56. The smallest absolute Gasteiger partial charge is 0.410 e. The molecule has 1 N–H and O–H groups in total. The Morgan fingerprint density at radius 2 is 2.22 bits per heavy atom. The van der Waals surface area contributed by atoms with Gasteiger partial charge in [-0.3, -0.25) is 5.32 Å². The van der Waals surface area contributed by atoms with Crippen LogP contribution in [0, 0.1) is 0 Å². The molecule has 0 aliphatic carbocycles. The lowest BCUT2D eigenvalue weighted by atomic mass is 10.1. The largest absolute Gasteiger partial charge is 0.444 e. The summed E-state index contributed by atoms with van der Waals surface area (Å²) in [7, 11) is 0. The summed E-state index contributed by atoms with van der Waals surface area (Å²) in [6.07, 6.45) is 1.60. The zero-order chi connectivity index (χ0) is 13.4. The number of hydrogen-bond acceptors (Lipinski definition) is 4. The molecule has 0 bridgehead atoms. The lowest BCUT2D eigenvalue weighted by Gasteiger charge is -2.38. The summed E-state index contributed by atoms with van der Waals surface area (Å²) in [5, 5.41) is 3.47. The van der Waals surface area contributed by atoms with Gasteiger partial charge in [-0.15, -0.1) is 0 Å². The minimum Gasteiger partial charge on any atom is -0.444 e. The minimum absolute atomic E-state index is 0.247. The van der Waals surface area contributed by atoms with Crippen LogP contribution in [0.4, 0.5) is 4.79 Å². The maximum Gasteiger partial charge on any atom is 0.410 e. The van der Waals surface area contributed by atoms with Gasteiger partial charge in [0.1, 0.15) is 11.3 Å². The molecule has 5 heteroatoms. The number of amides is 1. The molecule has 2 rings (SSSR count). The third-order valence-electron chi connectivity index (χ3n) is 3.32. The zero-order valence-corrected chi connectivity index (χ0v) is 11.8. The molecule has 104 valence electrons. The molecule has 0 aromatic heterocycles. The van der Waals surface area contributed by atoms with Crippen LogP contribution in [-0.2, 0) is 9.47 Å². The monoisotopic (exact) mass is 256 g/mol. The van der Waals surface area contributed by atoms with E-state index in [1.807, 2.05) is 20.8 Å². The summed E-state index contributed by atoms with van der Waals surface area (Å²) >= 11 is 0. The van der Waals surface area contributed by atoms with E-state index in [0.717, 1.165) is 19.4 Å². The first-order chi connectivity index (χ1) is 8.30. The van der Waals surface area contributed by atoms with E-state index in [1.165, 1.54) is 0 Å². The lowest BCUT2D eigenvalue weighted by Crippen LogP contribution is -2.57. The average Bonchev–Trinajstić information content (AvgIpc) is 2.59. The lowest BCUT2D eigenvalue weighted by molar-refractivity contribution is -0.0993. The predicted molar refractivity (Wildman–Crippen MR) is 68.3 cm³/mol. The topological polar surface area (TPSA) is 50.8 Å². The second-order valence-electron chi connectivity index (χ2n) is 6.33. The van der Waals surface area contributed by atoms with Crippen molar-refractivity contribution in [2.45, 2.75) is 57.9 Å². The van der Waals surface area contributed by atoms with Crippen molar-refractivity contribution < 1.29 is 14.3 Å². The third-order valence-corrected chi connectivity index (χ3v) is 3.32. The minimum atomic E-state index is -0.443. The normalized spacial score (nSPS) is 32.9. The van der Waals surface area contributed by atoms with Crippen LogP contribution in [0.15, 0.2) is 0 Å². The fourth-order valence-corrected chi connectivity index (χ4v) is 2.49. The van der Waals surface area contributed by atoms with Gasteiger partial charge in [0.05, 0.1) is 13.2 Å². The van der Waals surface area contributed by atoms with Crippen molar-refractivity contribution in [1.29, 1.82) is 0 Å². The third kappa shape index (κ3) is 3.14. The fourth-order valence-electron chi connectivity index (χ4n) is 2.49. The van der Waals surface area contributed by atoms with E-state index in [4.69, 9.17) is 9.47 Å². The number of likely N-dealkylation sites (tertiary alicyclic amines) is 1. The van der Waals surface area contributed by atoms with Crippen LogP contribution < -0.4 is 5.32 Å². The van der Waals surface area contributed by atoms with Crippen molar-refractivity contribution in [2.24, 2.45) is 0 Å². The van der Waals surface area contributed by atoms with E-state index >= 15 is 0 Å². The van der Waals surface area contributed by atoms with Crippen molar-refractivity contribution >= 4 is 6.09 Å². The SMILES string of the molecule is CC1CCOC2(CCN(C(=O)OC(C)(C)C)C2)N1. The summed E-state index contributed by atoms with van der Waals surface area (Å²) in [5.41, 5.74) is -0.796. The molecule has 0 radical (unpaired) electrons. The summed E-state index contributed by atoms with van der Waals surface area (Å²) in [4.78, 5) is 13.7. The highest BCUT2D eigenvalue weighted by molar-refractivity contribution is 5.68. The van der Waals surface area contributed by atoms with Gasteiger partial charge in [0.25, 0.3) is 0 Å². The molecule has 5 nitrogen and oxygen atoms in total. The van der Waals surface area contributed by atoms with E-state index < -0.39 is 5.60 Å². The highest BCUT2D eigenvalue weighted by Gasteiger charge is 2.44. The molecule has 0 saturated carbocycles. The number of nitrogens with one attached hydrogen (secondary N) is 1. The molecule has 0 aromatic rings. The van der Waals surface area contributed by atoms with E-state index in [-0.39, 0.29) is 11.8 Å². The molecule has 2 fully saturated rings. The van der Waals surface area contributed by atoms with Gasteiger partial charge >= 0.3 is 6.09 Å². The van der Waals surface area contributed by atoms with Crippen LogP contribution in [0.1, 0.15) is 40.5 Å². The molecule has 2 saturated heterocycles. The van der Waals surface area contributed by atoms with E-state index in [2.05, 4.69) is 12.2 Å². The Labute approximate surface area is 109 Å².